The van der Waals surface area contributed by atoms with Crippen molar-refractivity contribution in [3.8, 4) is 0 Å². The third kappa shape index (κ3) is 2.80. The maximum atomic E-state index is 5.55. The lowest BCUT2D eigenvalue weighted by atomic mass is 9.79. The summed E-state index contributed by atoms with van der Waals surface area (Å²) in [6.07, 6.45) is 8.85. The molecule has 1 aromatic rings. The molecule has 0 heterocycles. The van der Waals surface area contributed by atoms with E-state index in [1.807, 2.05) is 0 Å². The summed E-state index contributed by atoms with van der Waals surface area (Å²) in [5.41, 5.74) is 2.44. The fraction of sp³-hybridized carbons (Fsp3) is 0.550. The van der Waals surface area contributed by atoms with Crippen LogP contribution >= 0.6 is 12.2 Å². The van der Waals surface area contributed by atoms with Crippen molar-refractivity contribution in [3.05, 3.63) is 42.0 Å². The molecule has 122 valence electrons. The van der Waals surface area contributed by atoms with Crippen LogP contribution in [0.15, 0.2) is 36.4 Å². The third-order valence-corrected chi connectivity index (χ3v) is 6.38. The summed E-state index contributed by atoms with van der Waals surface area (Å²) < 4.78 is 0. The van der Waals surface area contributed by atoms with Crippen LogP contribution in [0.25, 0.3) is 0 Å². The first kappa shape index (κ1) is 15.2. The highest BCUT2D eigenvalue weighted by molar-refractivity contribution is 7.80. The van der Waals surface area contributed by atoms with Crippen LogP contribution in [-0.4, -0.2) is 11.2 Å². The minimum atomic E-state index is 0.555. The maximum Gasteiger partial charge on any atom is 0.171 e. The quantitative estimate of drug-likeness (QED) is 0.622. The van der Waals surface area contributed by atoms with Gasteiger partial charge < -0.3 is 10.6 Å². The minimum Gasteiger partial charge on any atom is -0.359 e. The summed E-state index contributed by atoms with van der Waals surface area (Å²) in [5.74, 6) is 4.00. The summed E-state index contributed by atoms with van der Waals surface area (Å²) in [7, 11) is 0. The highest BCUT2D eigenvalue weighted by Gasteiger charge is 2.52. The van der Waals surface area contributed by atoms with Crippen LogP contribution < -0.4 is 10.6 Å². The zero-order valence-corrected chi connectivity index (χ0v) is 14.8. The molecule has 2 bridgehead atoms. The molecule has 2 N–H and O–H groups in total. The lowest BCUT2D eigenvalue weighted by molar-refractivity contribution is 0.246. The van der Waals surface area contributed by atoms with Crippen LogP contribution in [0, 0.1) is 23.7 Å². The van der Waals surface area contributed by atoms with E-state index in [-0.39, 0.29) is 0 Å². The molecule has 4 rings (SSSR count). The Hall–Kier alpha value is -1.35. The maximum absolute atomic E-state index is 5.55. The van der Waals surface area contributed by atoms with Crippen molar-refractivity contribution in [2.75, 3.05) is 5.32 Å². The molecule has 0 radical (unpaired) electrons. The second kappa shape index (κ2) is 5.94. The van der Waals surface area contributed by atoms with Gasteiger partial charge in [-0.15, -0.1) is 0 Å². The van der Waals surface area contributed by atoms with Crippen molar-refractivity contribution < 1.29 is 0 Å². The van der Waals surface area contributed by atoms with Crippen molar-refractivity contribution in [2.45, 2.75) is 45.1 Å². The highest BCUT2D eigenvalue weighted by Crippen LogP contribution is 2.56. The van der Waals surface area contributed by atoms with Gasteiger partial charge in [-0.2, -0.15) is 0 Å². The Labute approximate surface area is 144 Å². The lowest BCUT2D eigenvalue weighted by Gasteiger charge is -2.32. The van der Waals surface area contributed by atoms with Gasteiger partial charge >= 0.3 is 0 Å². The van der Waals surface area contributed by atoms with Crippen molar-refractivity contribution in [2.24, 2.45) is 23.7 Å². The lowest BCUT2D eigenvalue weighted by Crippen LogP contribution is -2.44. The van der Waals surface area contributed by atoms with Gasteiger partial charge in [0.05, 0.1) is 0 Å². The minimum absolute atomic E-state index is 0.555. The predicted molar refractivity (Wildman–Crippen MR) is 101 cm³/mol. The largest absolute Gasteiger partial charge is 0.359 e. The Morgan fingerprint density at radius 2 is 1.91 bits per heavy atom. The monoisotopic (exact) mass is 326 g/mol. The van der Waals surface area contributed by atoms with E-state index in [1.54, 1.807) is 0 Å². The molecule has 3 aliphatic carbocycles. The average Bonchev–Trinajstić information content (AvgIpc) is 3.19. The predicted octanol–water partition coefficient (Wildman–Crippen LogP) is 4.70. The van der Waals surface area contributed by atoms with Crippen molar-refractivity contribution in [3.63, 3.8) is 0 Å². The number of thiocarbonyl (C=S) groups is 1. The van der Waals surface area contributed by atoms with E-state index in [4.69, 9.17) is 12.2 Å². The molecule has 0 unspecified atom stereocenters. The van der Waals surface area contributed by atoms with Crippen molar-refractivity contribution in [1.82, 2.24) is 5.32 Å². The Bertz CT molecular complexity index is 619. The van der Waals surface area contributed by atoms with Gasteiger partial charge in [0, 0.05) is 11.7 Å². The topological polar surface area (TPSA) is 24.1 Å². The second-order valence-corrected chi connectivity index (χ2v) is 8.19. The Morgan fingerprint density at radius 1 is 1.13 bits per heavy atom. The molecule has 0 amide bonds. The molecule has 1 aromatic carbocycles. The van der Waals surface area contributed by atoms with Gasteiger partial charge in [0.25, 0.3) is 0 Å². The van der Waals surface area contributed by atoms with E-state index < -0.39 is 0 Å². The molecular weight excluding hydrogens is 300 g/mol. The SMILES string of the molecule is CC(C)c1ccc(NC(=S)N[C@@H]2C[C@H]3C[C@@H]2[C@H]2C=CC[C@H]32)cc1. The first-order chi connectivity index (χ1) is 11.1. The zero-order chi connectivity index (χ0) is 16.0. The van der Waals surface area contributed by atoms with E-state index in [1.165, 1.54) is 24.8 Å². The standard InChI is InChI=1S/C20H26N2S/c1-12(2)13-6-8-15(9-7-13)21-20(23)22-19-11-14-10-18(19)17-5-3-4-16(14)17/h3,5-9,12,14,16-19H,4,10-11H2,1-2H3,(H2,21,22,23)/t14-,16-,17+,18-,19-/m1/s1. The first-order valence-electron chi connectivity index (χ1n) is 8.96. The van der Waals surface area contributed by atoms with E-state index in [9.17, 15) is 0 Å². The van der Waals surface area contributed by atoms with Crippen LogP contribution in [0.1, 0.15) is 44.6 Å². The van der Waals surface area contributed by atoms with Crippen molar-refractivity contribution >= 4 is 23.0 Å². The van der Waals surface area contributed by atoms with Gasteiger partial charge in [-0.25, -0.2) is 0 Å². The fourth-order valence-corrected chi connectivity index (χ4v) is 5.27. The van der Waals surface area contributed by atoms with E-state index in [2.05, 4.69) is 60.9 Å². The molecule has 0 aliphatic heterocycles. The van der Waals surface area contributed by atoms with Crippen LogP contribution in [0.4, 0.5) is 5.69 Å². The smallest absolute Gasteiger partial charge is 0.171 e. The number of fused-ring (bicyclic) bond motifs is 5. The van der Waals surface area contributed by atoms with Gasteiger partial charge in [0.1, 0.15) is 0 Å². The summed E-state index contributed by atoms with van der Waals surface area (Å²) in [4.78, 5) is 0. The van der Waals surface area contributed by atoms with Crippen molar-refractivity contribution in [1.29, 1.82) is 0 Å². The number of hydrogen-bond donors (Lipinski definition) is 2. The van der Waals surface area contributed by atoms with Crippen LogP contribution in [0.2, 0.25) is 0 Å². The number of anilines is 1. The molecule has 23 heavy (non-hydrogen) atoms. The van der Waals surface area contributed by atoms with E-state index >= 15 is 0 Å². The van der Waals surface area contributed by atoms with Gasteiger partial charge in [-0.1, -0.05) is 38.1 Å². The molecule has 2 fully saturated rings. The summed E-state index contributed by atoms with van der Waals surface area (Å²) in [6, 6.07) is 9.17. The second-order valence-electron chi connectivity index (χ2n) is 7.78. The number of benzene rings is 1. The number of hydrogen-bond acceptors (Lipinski definition) is 1. The normalized spacial score (nSPS) is 34.0. The number of rotatable bonds is 3. The zero-order valence-electron chi connectivity index (χ0n) is 14.0. The Morgan fingerprint density at radius 3 is 2.65 bits per heavy atom. The van der Waals surface area contributed by atoms with Gasteiger partial charge in [-0.05, 0) is 78.8 Å². The average molecular weight is 327 g/mol. The number of nitrogens with one attached hydrogen (secondary N) is 2. The third-order valence-electron chi connectivity index (χ3n) is 6.16. The summed E-state index contributed by atoms with van der Waals surface area (Å²) in [5, 5.41) is 7.73. The summed E-state index contributed by atoms with van der Waals surface area (Å²) in [6.45, 7) is 4.43. The van der Waals surface area contributed by atoms with E-state index in [0.29, 0.717) is 12.0 Å². The Kier molecular flexibility index (Phi) is 3.92. The molecule has 0 saturated heterocycles. The molecule has 0 aromatic heterocycles. The molecule has 3 heteroatoms. The van der Waals surface area contributed by atoms with Crippen LogP contribution in [0.3, 0.4) is 0 Å². The highest BCUT2D eigenvalue weighted by atomic mass is 32.1. The van der Waals surface area contributed by atoms with Crippen LogP contribution in [-0.2, 0) is 0 Å². The van der Waals surface area contributed by atoms with E-state index in [0.717, 1.165) is 34.5 Å². The number of allylic oxidation sites excluding steroid dienone is 2. The molecule has 3 aliphatic rings. The fourth-order valence-electron chi connectivity index (χ4n) is 5.00. The molecule has 2 nitrogen and oxygen atoms in total. The molecule has 0 spiro atoms. The first-order valence-corrected chi connectivity index (χ1v) is 9.37. The summed E-state index contributed by atoms with van der Waals surface area (Å²) >= 11 is 5.55. The van der Waals surface area contributed by atoms with Gasteiger partial charge in [-0.3, -0.25) is 0 Å². The Balaban J connectivity index is 1.35. The van der Waals surface area contributed by atoms with Crippen LogP contribution in [0.5, 0.6) is 0 Å². The van der Waals surface area contributed by atoms with Gasteiger partial charge in [0.2, 0.25) is 0 Å². The molecular formula is C20H26N2S. The molecule has 5 atom stereocenters. The molecule has 2 saturated carbocycles. The van der Waals surface area contributed by atoms with Gasteiger partial charge in [0.15, 0.2) is 5.11 Å².